The highest BCUT2D eigenvalue weighted by molar-refractivity contribution is 9.10. The van der Waals surface area contributed by atoms with E-state index in [0.29, 0.717) is 21.8 Å². The number of benzene rings is 2. The first kappa shape index (κ1) is 19.8. The van der Waals surface area contributed by atoms with Gasteiger partial charge in [-0.05, 0) is 35.9 Å². The van der Waals surface area contributed by atoms with Gasteiger partial charge in [0.05, 0.1) is 19.8 Å². The van der Waals surface area contributed by atoms with E-state index in [2.05, 4.69) is 26.2 Å². The minimum absolute atomic E-state index is 0.109. The van der Waals surface area contributed by atoms with E-state index in [-0.39, 0.29) is 11.3 Å². The number of hydrogen-bond acceptors (Lipinski definition) is 5. The third-order valence-electron chi connectivity index (χ3n) is 4.30. The lowest BCUT2D eigenvalue weighted by atomic mass is 10.0. The van der Waals surface area contributed by atoms with Gasteiger partial charge in [-0.25, -0.2) is 4.98 Å². The summed E-state index contributed by atoms with van der Waals surface area (Å²) in [7, 11) is 4.97. The van der Waals surface area contributed by atoms with Crippen LogP contribution in [-0.2, 0) is 7.05 Å². The molecule has 0 spiro atoms. The van der Waals surface area contributed by atoms with Crippen LogP contribution in [0.5, 0.6) is 17.2 Å². The molecule has 1 unspecified atom stereocenters. The Labute approximate surface area is 171 Å². The van der Waals surface area contributed by atoms with Crippen molar-refractivity contribution in [2.75, 3.05) is 14.2 Å². The molecule has 3 aromatic rings. The van der Waals surface area contributed by atoms with Crippen molar-refractivity contribution in [3.8, 4) is 17.2 Å². The third-order valence-corrected chi connectivity index (χ3v) is 4.80. The number of ether oxygens (including phenoxy) is 2. The number of aromatic nitrogens is 2. The van der Waals surface area contributed by atoms with E-state index < -0.39 is 11.9 Å². The first-order chi connectivity index (χ1) is 13.4. The Kier molecular flexibility index (Phi) is 5.89. The molecule has 1 aromatic heterocycles. The van der Waals surface area contributed by atoms with Crippen LogP contribution in [0.1, 0.15) is 27.8 Å². The van der Waals surface area contributed by atoms with Gasteiger partial charge in [0.1, 0.15) is 29.1 Å². The fraction of sp³-hybridized carbons (Fsp3) is 0.200. The van der Waals surface area contributed by atoms with Crippen LogP contribution in [0, 0.1) is 0 Å². The number of hydrogen-bond donors (Lipinski definition) is 2. The second-order valence-corrected chi connectivity index (χ2v) is 7.03. The molecule has 8 heteroatoms. The number of rotatable bonds is 6. The summed E-state index contributed by atoms with van der Waals surface area (Å²) in [6.07, 6.45) is 3.45. The van der Waals surface area contributed by atoms with Crippen LogP contribution in [0.2, 0.25) is 0 Å². The SMILES string of the molecule is COc1cc(OC)cc(C(NC(=O)c2cc(Br)ccc2O)c2nccn2C)c1. The zero-order valence-electron chi connectivity index (χ0n) is 15.6. The van der Waals surface area contributed by atoms with Gasteiger partial charge in [-0.1, -0.05) is 15.9 Å². The summed E-state index contributed by atoms with van der Waals surface area (Å²) in [5, 5.41) is 13.0. The molecule has 0 fully saturated rings. The largest absolute Gasteiger partial charge is 0.507 e. The van der Waals surface area contributed by atoms with E-state index in [4.69, 9.17) is 9.47 Å². The van der Waals surface area contributed by atoms with Crippen molar-refractivity contribution in [2.24, 2.45) is 7.05 Å². The molecule has 2 aromatic carbocycles. The van der Waals surface area contributed by atoms with Gasteiger partial charge in [-0.2, -0.15) is 0 Å². The van der Waals surface area contributed by atoms with Crippen LogP contribution < -0.4 is 14.8 Å². The molecule has 1 atom stereocenters. The monoisotopic (exact) mass is 445 g/mol. The molecule has 0 aliphatic rings. The number of nitrogens with one attached hydrogen (secondary N) is 1. The van der Waals surface area contributed by atoms with E-state index in [1.54, 1.807) is 44.8 Å². The van der Waals surface area contributed by atoms with E-state index in [1.165, 1.54) is 6.07 Å². The summed E-state index contributed by atoms with van der Waals surface area (Å²) < 4.78 is 13.2. The normalized spacial score (nSPS) is 11.7. The molecule has 1 heterocycles. The van der Waals surface area contributed by atoms with Gasteiger partial charge in [0, 0.05) is 30.0 Å². The van der Waals surface area contributed by atoms with E-state index in [1.807, 2.05) is 23.7 Å². The van der Waals surface area contributed by atoms with E-state index in [0.717, 1.165) is 5.56 Å². The van der Waals surface area contributed by atoms with Gasteiger partial charge in [0.25, 0.3) is 5.91 Å². The Hall–Kier alpha value is -3.00. The van der Waals surface area contributed by atoms with Crippen LogP contribution in [0.15, 0.2) is 53.3 Å². The molecular weight excluding hydrogens is 426 g/mol. The number of aryl methyl sites for hydroxylation is 1. The van der Waals surface area contributed by atoms with Gasteiger partial charge >= 0.3 is 0 Å². The molecule has 0 saturated carbocycles. The molecule has 3 rings (SSSR count). The first-order valence-corrected chi connectivity index (χ1v) is 9.21. The molecule has 7 nitrogen and oxygen atoms in total. The number of phenols is 1. The second-order valence-electron chi connectivity index (χ2n) is 6.11. The second kappa shape index (κ2) is 8.35. The predicted molar refractivity (Wildman–Crippen MR) is 108 cm³/mol. The van der Waals surface area contributed by atoms with Crippen molar-refractivity contribution in [1.82, 2.24) is 14.9 Å². The molecule has 28 heavy (non-hydrogen) atoms. The number of amides is 1. The Morgan fingerprint density at radius 2 is 1.86 bits per heavy atom. The third kappa shape index (κ3) is 4.12. The average Bonchev–Trinajstić information content (AvgIpc) is 3.12. The van der Waals surface area contributed by atoms with Crippen molar-refractivity contribution < 1.29 is 19.4 Å². The predicted octanol–water partition coefficient (Wildman–Crippen LogP) is 3.42. The summed E-state index contributed by atoms with van der Waals surface area (Å²) in [6.45, 7) is 0. The van der Waals surface area contributed by atoms with Gasteiger partial charge in [-0.3, -0.25) is 4.79 Å². The molecule has 0 bridgehead atoms. The lowest BCUT2D eigenvalue weighted by Gasteiger charge is -2.21. The zero-order valence-corrected chi connectivity index (χ0v) is 17.2. The van der Waals surface area contributed by atoms with Crippen molar-refractivity contribution in [3.63, 3.8) is 0 Å². The van der Waals surface area contributed by atoms with Crippen LogP contribution in [0.25, 0.3) is 0 Å². The van der Waals surface area contributed by atoms with Crippen LogP contribution in [0.4, 0.5) is 0 Å². The minimum atomic E-state index is -0.588. The topological polar surface area (TPSA) is 85.6 Å². The molecule has 0 aliphatic carbocycles. The Morgan fingerprint density at radius 1 is 1.18 bits per heavy atom. The fourth-order valence-electron chi connectivity index (χ4n) is 2.85. The molecule has 1 amide bonds. The molecule has 0 saturated heterocycles. The Morgan fingerprint density at radius 3 is 2.43 bits per heavy atom. The Balaban J connectivity index is 2.05. The summed E-state index contributed by atoms with van der Waals surface area (Å²) in [5.41, 5.74) is 0.886. The zero-order chi connectivity index (χ0) is 20.3. The summed E-state index contributed by atoms with van der Waals surface area (Å²) >= 11 is 3.32. The highest BCUT2D eigenvalue weighted by Crippen LogP contribution is 2.30. The van der Waals surface area contributed by atoms with Gasteiger partial charge in [0.2, 0.25) is 0 Å². The van der Waals surface area contributed by atoms with Crippen molar-refractivity contribution in [2.45, 2.75) is 6.04 Å². The number of methoxy groups -OCH3 is 2. The summed E-state index contributed by atoms with van der Waals surface area (Å²) in [4.78, 5) is 17.3. The maximum atomic E-state index is 12.9. The number of nitrogens with zero attached hydrogens (tertiary/aromatic N) is 2. The quantitative estimate of drug-likeness (QED) is 0.606. The van der Waals surface area contributed by atoms with E-state index >= 15 is 0 Å². The molecule has 0 radical (unpaired) electrons. The van der Waals surface area contributed by atoms with Crippen molar-refractivity contribution >= 4 is 21.8 Å². The number of halogens is 1. The van der Waals surface area contributed by atoms with Crippen molar-refractivity contribution in [3.05, 3.63) is 70.2 Å². The smallest absolute Gasteiger partial charge is 0.255 e. The Bertz CT molecular complexity index is 981. The van der Waals surface area contributed by atoms with Gasteiger partial charge in [-0.15, -0.1) is 0 Å². The number of phenolic OH excluding ortho intramolecular Hbond substituents is 1. The fourth-order valence-corrected chi connectivity index (χ4v) is 3.21. The number of carbonyl (C=O) groups excluding carboxylic acids is 1. The van der Waals surface area contributed by atoms with E-state index in [9.17, 15) is 9.90 Å². The van der Waals surface area contributed by atoms with Crippen LogP contribution in [0.3, 0.4) is 0 Å². The lowest BCUT2D eigenvalue weighted by molar-refractivity contribution is 0.0938. The highest BCUT2D eigenvalue weighted by atomic mass is 79.9. The number of carbonyl (C=O) groups is 1. The first-order valence-electron chi connectivity index (χ1n) is 8.42. The molecular formula is C20H20BrN3O4. The minimum Gasteiger partial charge on any atom is -0.507 e. The van der Waals surface area contributed by atoms with Gasteiger partial charge in [0.15, 0.2) is 0 Å². The summed E-state index contributed by atoms with van der Waals surface area (Å²) in [5.74, 6) is 1.26. The standard InChI is InChI=1S/C20H20BrN3O4/c1-24-7-6-22-19(24)18(12-8-14(27-2)11-15(9-12)28-3)23-20(26)16-10-13(21)4-5-17(16)25/h4-11,18,25H,1-3H3,(H,23,26). The lowest BCUT2D eigenvalue weighted by Crippen LogP contribution is -2.31. The van der Waals surface area contributed by atoms with Crippen LogP contribution in [-0.4, -0.2) is 34.8 Å². The number of imidazole rings is 1. The van der Waals surface area contributed by atoms with Crippen LogP contribution >= 0.6 is 15.9 Å². The van der Waals surface area contributed by atoms with Crippen molar-refractivity contribution in [1.29, 1.82) is 0 Å². The molecule has 0 aliphatic heterocycles. The average molecular weight is 446 g/mol. The molecule has 146 valence electrons. The maximum absolute atomic E-state index is 12.9. The van der Waals surface area contributed by atoms with Gasteiger partial charge < -0.3 is 24.5 Å². The maximum Gasteiger partial charge on any atom is 0.255 e. The number of aromatic hydroxyl groups is 1. The highest BCUT2D eigenvalue weighted by Gasteiger charge is 2.24. The molecule has 2 N–H and O–H groups in total. The summed E-state index contributed by atoms with van der Waals surface area (Å²) in [6, 6.07) is 9.47.